The van der Waals surface area contributed by atoms with E-state index < -0.39 is 10.3 Å². The molecule has 1 nitrogen and oxygen atoms in total. The van der Waals surface area contributed by atoms with Crippen molar-refractivity contribution < 1.29 is 4.18 Å². The molecule has 1 rings (SSSR count). The first-order chi connectivity index (χ1) is 6.22. The average molecular weight is 218 g/mol. The summed E-state index contributed by atoms with van der Waals surface area (Å²) in [5.41, 5.74) is 0. The monoisotopic (exact) mass is 218 g/mol. The first kappa shape index (κ1) is 12.4. The number of rotatable bonds is 2. The quantitative estimate of drug-likeness (QED) is 0.681. The molecule has 2 atom stereocenters. The fourth-order valence-corrected chi connectivity index (χ4v) is 2.87. The Kier molecular flexibility index (Phi) is 3.58. The molecule has 0 aromatic rings. The molecule has 0 aromatic heterocycles. The van der Waals surface area contributed by atoms with Crippen molar-refractivity contribution in [2.75, 3.05) is 12.5 Å². The second-order valence-electron chi connectivity index (χ2n) is 5.98. The molecule has 2 unspecified atom stereocenters. The molecule has 86 valence electrons. The zero-order valence-corrected chi connectivity index (χ0v) is 11.4. The minimum atomic E-state index is -0.905. The summed E-state index contributed by atoms with van der Waals surface area (Å²) in [6, 6.07) is 0. The van der Waals surface area contributed by atoms with Gasteiger partial charge in [0.15, 0.2) is 0 Å². The van der Waals surface area contributed by atoms with Gasteiger partial charge in [-0.25, -0.2) is 0 Å². The Hall–Kier alpha value is 0.310. The Morgan fingerprint density at radius 2 is 1.71 bits per heavy atom. The molecule has 2 heteroatoms. The van der Waals surface area contributed by atoms with Crippen LogP contribution in [0.2, 0.25) is 0 Å². The van der Waals surface area contributed by atoms with Crippen molar-refractivity contribution in [1.29, 1.82) is 0 Å². The second kappa shape index (κ2) is 4.05. The summed E-state index contributed by atoms with van der Waals surface area (Å²) in [5.74, 6) is 0.871. The summed E-state index contributed by atoms with van der Waals surface area (Å²) >= 11 is 0. The van der Waals surface area contributed by atoms with Gasteiger partial charge in [-0.05, 0) is 37.7 Å². The maximum atomic E-state index is 6.32. The topological polar surface area (TPSA) is 9.23 Å². The third-order valence-corrected chi connectivity index (χ3v) is 7.20. The third-order valence-electron chi connectivity index (χ3n) is 3.50. The number of hydrogen-bond acceptors (Lipinski definition) is 1. The van der Waals surface area contributed by atoms with E-state index in [1.54, 1.807) is 0 Å². The summed E-state index contributed by atoms with van der Waals surface area (Å²) in [6.45, 7) is 9.21. The maximum Gasteiger partial charge on any atom is 0.0703 e. The Morgan fingerprint density at radius 1 is 1.14 bits per heavy atom. The smallest absolute Gasteiger partial charge is 0.0703 e. The van der Waals surface area contributed by atoms with Crippen molar-refractivity contribution in [3.63, 3.8) is 0 Å². The van der Waals surface area contributed by atoms with E-state index in [0.29, 0.717) is 10.9 Å². The predicted molar refractivity (Wildman–Crippen MR) is 67.1 cm³/mol. The maximum absolute atomic E-state index is 6.32. The van der Waals surface area contributed by atoms with Crippen LogP contribution in [0.1, 0.15) is 47.0 Å². The van der Waals surface area contributed by atoms with Crippen molar-refractivity contribution in [3.8, 4) is 0 Å². The highest BCUT2D eigenvalue weighted by atomic mass is 32.3. The molecule has 14 heavy (non-hydrogen) atoms. The molecule has 0 saturated heterocycles. The molecule has 0 aromatic carbocycles. The van der Waals surface area contributed by atoms with Gasteiger partial charge in [0.1, 0.15) is 0 Å². The van der Waals surface area contributed by atoms with Crippen molar-refractivity contribution >= 4 is 10.3 Å². The molecular formula is C12H26OS. The minimum absolute atomic E-state index is 0.304. The fourth-order valence-electron chi connectivity index (χ4n) is 1.73. The Bertz CT molecular complexity index is 193. The van der Waals surface area contributed by atoms with Gasteiger partial charge >= 0.3 is 0 Å². The van der Waals surface area contributed by atoms with Crippen LogP contribution in [0.5, 0.6) is 0 Å². The molecule has 0 heterocycles. The zero-order chi connectivity index (χ0) is 11.0. The van der Waals surface area contributed by atoms with E-state index >= 15 is 0 Å². The lowest BCUT2D eigenvalue weighted by atomic mass is 10.1. The van der Waals surface area contributed by atoms with E-state index in [-0.39, 0.29) is 0 Å². The molecule has 0 bridgehead atoms. The van der Waals surface area contributed by atoms with Gasteiger partial charge in [0.2, 0.25) is 0 Å². The summed E-state index contributed by atoms with van der Waals surface area (Å²) in [5, 5.41) is 0. The summed E-state index contributed by atoms with van der Waals surface area (Å²) in [6.07, 6.45) is 9.03. The second-order valence-corrected chi connectivity index (χ2v) is 9.87. The zero-order valence-electron chi connectivity index (χ0n) is 10.6. The van der Waals surface area contributed by atoms with Crippen LogP contribution < -0.4 is 0 Å². The molecule has 0 N–H and O–H groups in total. The Labute approximate surface area is 91.1 Å². The standard InChI is InChI=1S/C12H26OS/c1-10-7-8-11(9-10)13-14(5,6)12(2,3)4/h10-11H,7-9H2,1-6H3. The first-order valence-corrected chi connectivity index (χ1v) is 8.01. The van der Waals surface area contributed by atoms with E-state index in [4.69, 9.17) is 4.18 Å². The lowest BCUT2D eigenvalue weighted by Gasteiger charge is -2.45. The van der Waals surface area contributed by atoms with Crippen LogP contribution in [-0.2, 0) is 4.18 Å². The van der Waals surface area contributed by atoms with Crippen LogP contribution in [0.25, 0.3) is 0 Å². The lowest BCUT2D eigenvalue weighted by molar-refractivity contribution is 0.229. The van der Waals surface area contributed by atoms with Gasteiger partial charge in [-0.2, -0.15) is 0 Å². The van der Waals surface area contributed by atoms with Crippen molar-refractivity contribution in [3.05, 3.63) is 0 Å². The highest BCUT2D eigenvalue weighted by molar-refractivity contribution is 8.29. The van der Waals surface area contributed by atoms with E-state index in [9.17, 15) is 0 Å². The van der Waals surface area contributed by atoms with E-state index in [0.717, 1.165) is 5.92 Å². The number of hydrogen-bond donors (Lipinski definition) is 0. The SMILES string of the molecule is CC1CCC(OS(C)(C)C(C)(C)C)C1. The summed E-state index contributed by atoms with van der Waals surface area (Å²) < 4.78 is 6.62. The Balaban J connectivity index is 2.51. The minimum Gasteiger partial charge on any atom is -0.333 e. The highest BCUT2D eigenvalue weighted by Crippen LogP contribution is 2.56. The molecule has 0 amide bonds. The molecule has 0 radical (unpaired) electrons. The van der Waals surface area contributed by atoms with Crippen molar-refractivity contribution in [2.24, 2.45) is 5.92 Å². The van der Waals surface area contributed by atoms with Crippen LogP contribution >= 0.6 is 10.3 Å². The van der Waals surface area contributed by atoms with Gasteiger partial charge in [0.05, 0.1) is 6.10 Å². The summed E-state index contributed by atoms with van der Waals surface area (Å²) in [7, 11) is -0.905. The van der Waals surface area contributed by atoms with Crippen LogP contribution in [-0.4, -0.2) is 23.4 Å². The fraction of sp³-hybridized carbons (Fsp3) is 1.00. The van der Waals surface area contributed by atoms with Gasteiger partial charge in [-0.3, -0.25) is 0 Å². The molecule has 1 fully saturated rings. The Morgan fingerprint density at radius 3 is 2.07 bits per heavy atom. The average Bonchev–Trinajstić information content (AvgIpc) is 2.31. The largest absolute Gasteiger partial charge is 0.333 e. The molecule has 1 aliphatic rings. The van der Waals surface area contributed by atoms with Crippen LogP contribution in [0.4, 0.5) is 0 Å². The molecular weight excluding hydrogens is 192 g/mol. The molecule has 1 aliphatic carbocycles. The van der Waals surface area contributed by atoms with Crippen LogP contribution in [0, 0.1) is 5.92 Å². The van der Waals surface area contributed by atoms with Crippen molar-refractivity contribution in [1.82, 2.24) is 0 Å². The van der Waals surface area contributed by atoms with Crippen molar-refractivity contribution in [2.45, 2.75) is 57.8 Å². The van der Waals surface area contributed by atoms with Gasteiger partial charge in [0, 0.05) is 4.75 Å². The lowest BCUT2D eigenvalue weighted by Crippen LogP contribution is -2.28. The van der Waals surface area contributed by atoms with Gasteiger partial charge in [-0.1, -0.05) is 27.7 Å². The molecule has 0 aliphatic heterocycles. The van der Waals surface area contributed by atoms with Crippen LogP contribution in [0.15, 0.2) is 0 Å². The van der Waals surface area contributed by atoms with E-state index in [1.165, 1.54) is 19.3 Å². The summed E-state index contributed by atoms with van der Waals surface area (Å²) in [4.78, 5) is 0. The van der Waals surface area contributed by atoms with Gasteiger partial charge in [-0.15, -0.1) is 10.3 Å². The normalized spacial score (nSPS) is 30.7. The van der Waals surface area contributed by atoms with E-state index in [2.05, 4.69) is 40.2 Å². The third kappa shape index (κ3) is 2.90. The first-order valence-electron chi connectivity index (χ1n) is 5.63. The highest BCUT2D eigenvalue weighted by Gasteiger charge is 2.33. The molecule has 0 spiro atoms. The van der Waals surface area contributed by atoms with E-state index in [1.807, 2.05) is 0 Å². The molecule has 1 saturated carbocycles. The van der Waals surface area contributed by atoms with Gasteiger partial charge in [0.25, 0.3) is 0 Å². The van der Waals surface area contributed by atoms with Crippen LogP contribution in [0.3, 0.4) is 0 Å². The predicted octanol–water partition coefficient (Wildman–Crippen LogP) is 3.97. The van der Waals surface area contributed by atoms with Gasteiger partial charge < -0.3 is 4.18 Å².